The summed E-state index contributed by atoms with van der Waals surface area (Å²) >= 11 is 0. The van der Waals surface area contributed by atoms with Crippen LogP contribution >= 0.6 is 0 Å². The van der Waals surface area contributed by atoms with Crippen molar-refractivity contribution >= 4 is 21.9 Å². The number of nitrogens with zero attached hydrogens (tertiary/aromatic N) is 3. The molecule has 1 aromatic rings. The van der Waals surface area contributed by atoms with E-state index >= 15 is 0 Å². The Bertz CT molecular complexity index is 713. The Morgan fingerprint density at radius 1 is 1.31 bits per heavy atom. The van der Waals surface area contributed by atoms with E-state index in [-0.39, 0.29) is 29.4 Å². The average molecular weight is 385 g/mol. The van der Waals surface area contributed by atoms with E-state index in [0.29, 0.717) is 12.5 Å². The summed E-state index contributed by atoms with van der Waals surface area (Å²) in [6.07, 6.45) is 2.80. The number of hydrogen-bond acceptors (Lipinski definition) is 5. The molecule has 0 saturated heterocycles. The van der Waals surface area contributed by atoms with Crippen molar-refractivity contribution in [1.82, 2.24) is 25.2 Å². The SMILES string of the molecule is CN=C(NCCNS(=O)(=O)c1cccnc1)N(C)CC(=O)NC(C)(C)C. The highest BCUT2D eigenvalue weighted by molar-refractivity contribution is 7.89. The van der Waals surface area contributed by atoms with E-state index in [9.17, 15) is 13.2 Å². The zero-order valence-corrected chi connectivity index (χ0v) is 16.7. The normalized spacial score (nSPS) is 12.6. The van der Waals surface area contributed by atoms with Crippen LogP contribution in [-0.2, 0) is 14.8 Å². The number of carbonyl (C=O) groups is 1. The molecule has 0 aliphatic rings. The van der Waals surface area contributed by atoms with Crippen LogP contribution in [0.25, 0.3) is 0 Å². The smallest absolute Gasteiger partial charge is 0.242 e. The van der Waals surface area contributed by atoms with Crippen LogP contribution in [-0.4, -0.2) is 69.4 Å². The number of amides is 1. The maximum Gasteiger partial charge on any atom is 0.242 e. The van der Waals surface area contributed by atoms with Crippen molar-refractivity contribution in [3.8, 4) is 0 Å². The second-order valence-corrected chi connectivity index (χ2v) is 8.48. The Kier molecular flexibility index (Phi) is 7.97. The molecule has 0 bridgehead atoms. The number of aliphatic imine (C=N–C) groups is 1. The molecule has 146 valence electrons. The highest BCUT2D eigenvalue weighted by Crippen LogP contribution is 2.04. The van der Waals surface area contributed by atoms with Gasteiger partial charge in [-0.1, -0.05) is 0 Å². The maximum atomic E-state index is 12.1. The Morgan fingerprint density at radius 3 is 2.54 bits per heavy atom. The first kappa shape index (κ1) is 21.8. The fourth-order valence-corrected chi connectivity index (χ4v) is 3.08. The molecule has 0 spiro atoms. The van der Waals surface area contributed by atoms with Gasteiger partial charge in [0.2, 0.25) is 15.9 Å². The molecule has 0 aliphatic heterocycles. The minimum absolute atomic E-state index is 0.111. The second kappa shape index (κ2) is 9.48. The van der Waals surface area contributed by atoms with E-state index in [1.54, 1.807) is 25.1 Å². The van der Waals surface area contributed by atoms with Gasteiger partial charge in [0, 0.05) is 45.1 Å². The zero-order chi connectivity index (χ0) is 19.8. The van der Waals surface area contributed by atoms with Crippen molar-refractivity contribution in [1.29, 1.82) is 0 Å². The molecule has 26 heavy (non-hydrogen) atoms. The number of sulfonamides is 1. The molecule has 10 heteroatoms. The zero-order valence-electron chi connectivity index (χ0n) is 15.9. The number of rotatable bonds is 7. The van der Waals surface area contributed by atoms with E-state index in [1.165, 1.54) is 18.5 Å². The summed E-state index contributed by atoms with van der Waals surface area (Å²) in [6.45, 7) is 6.35. The lowest BCUT2D eigenvalue weighted by Gasteiger charge is -2.25. The molecule has 1 rings (SSSR count). The first-order valence-corrected chi connectivity index (χ1v) is 9.66. The van der Waals surface area contributed by atoms with Crippen molar-refractivity contribution in [2.24, 2.45) is 4.99 Å². The summed E-state index contributed by atoms with van der Waals surface area (Å²) in [7, 11) is -0.264. The van der Waals surface area contributed by atoms with Crippen LogP contribution in [0.2, 0.25) is 0 Å². The summed E-state index contributed by atoms with van der Waals surface area (Å²) in [6, 6.07) is 3.04. The van der Waals surface area contributed by atoms with Crippen molar-refractivity contribution in [3.63, 3.8) is 0 Å². The monoisotopic (exact) mass is 384 g/mol. The van der Waals surface area contributed by atoms with Crippen molar-refractivity contribution < 1.29 is 13.2 Å². The minimum atomic E-state index is -3.59. The van der Waals surface area contributed by atoms with Gasteiger partial charge >= 0.3 is 0 Å². The highest BCUT2D eigenvalue weighted by atomic mass is 32.2. The number of aromatic nitrogens is 1. The summed E-state index contributed by atoms with van der Waals surface area (Å²) in [5.41, 5.74) is -0.306. The van der Waals surface area contributed by atoms with Crippen molar-refractivity contribution in [3.05, 3.63) is 24.5 Å². The van der Waals surface area contributed by atoms with Gasteiger partial charge in [-0.3, -0.25) is 14.8 Å². The highest BCUT2D eigenvalue weighted by Gasteiger charge is 2.17. The van der Waals surface area contributed by atoms with Gasteiger partial charge in [0.05, 0.1) is 6.54 Å². The largest absolute Gasteiger partial charge is 0.355 e. The molecule has 1 heterocycles. The van der Waals surface area contributed by atoms with Crippen LogP contribution < -0.4 is 15.4 Å². The number of pyridine rings is 1. The molecule has 3 N–H and O–H groups in total. The Hall–Kier alpha value is -2.20. The quantitative estimate of drug-likeness (QED) is 0.340. The van der Waals surface area contributed by atoms with E-state index < -0.39 is 10.0 Å². The van der Waals surface area contributed by atoms with Crippen LogP contribution in [0.1, 0.15) is 20.8 Å². The van der Waals surface area contributed by atoms with E-state index in [1.807, 2.05) is 20.8 Å². The van der Waals surface area contributed by atoms with Gasteiger partial charge in [-0.25, -0.2) is 13.1 Å². The molecular weight excluding hydrogens is 356 g/mol. The van der Waals surface area contributed by atoms with Gasteiger partial charge in [0.25, 0.3) is 0 Å². The van der Waals surface area contributed by atoms with Gasteiger partial charge < -0.3 is 15.5 Å². The number of nitrogens with one attached hydrogen (secondary N) is 3. The molecule has 1 aromatic heterocycles. The minimum Gasteiger partial charge on any atom is -0.355 e. The molecular formula is C16H28N6O3S. The molecule has 0 saturated carbocycles. The molecule has 0 fully saturated rings. The lowest BCUT2D eigenvalue weighted by Crippen LogP contribution is -2.49. The van der Waals surface area contributed by atoms with E-state index in [0.717, 1.165) is 0 Å². The lowest BCUT2D eigenvalue weighted by molar-refractivity contribution is -0.122. The third-order valence-electron chi connectivity index (χ3n) is 3.11. The fourth-order valence-electron chi connectivity index (χ4n) is 2.08. The van der Waals surface area contributed by atoms with Crippen molar-refractivity contribution in [2.45, 2.75) is 31.2 Å². The predicted octanol–water partition coefficient (Wildman–Crippen LogP) is -0.218. The van der Waals surface area contributed by atoms with Gasteiger partial charge in [-0.15, -0.1) is 0 Å². The third kappa shape index (κ3) is 7.79. The first-order valence-electron chi connectivity index (χ1n) is 8.17. The molecule has 1 amide bonds. The molecule has 0 unspecified atom stereocenters. The fraction of sp³-hybridized carbons (Fsp3) is 0.562. The maximum absolute atomic E-state index is 12.1. The second-order valence-electron chi connectivity index (χ2n) is 6.71. The third-order valence-corrected chi connectivity index (χ3v) is 4.56. The standard InChI is InChI=1S/C16H28N6O3S/c1-16(2,3)21-14(23)12-22(5)15(17-4)19-9-10-20-26(24,25)13-7-6-8-18-11-13/h6-8,11,20H,9-10,12H2,1-5H3,(H,17,19)(H,21,23). The average Bonchev–Trinajstić information content (AvgIpc) is 2.53. The topological polar surface area (TPSA) is 116 Å². The summed E-state index contributed by atoms with van der Waals surface area (Å²) in [4.78, 5) is 21.6. The van der Waals surface area contributed by atoms with Crippen LogP contribution in [0.3, 0.4) is 0 Å². The summed E-state index contributed by atoms with van der Waals surface area (Å²) in [5, 5.41) is 5.89. The summed E-state index contributed by atoms with van der Waals surface area (Å²) < 4.78 is 26.7. The van der Waals surface area contributed by atoms with E-state index in [2.05, 4.69) is 25.3 Å². The van der Waals surface area contributed by atoms with Crippen LogP contribution in [0.15, 0.2) is 34.4 Å². The van der Waals surface area contributed by atoms with Gasteiger partial charge in [0.15, 0.2) is 5.96 Å². The molecule has 0 atom stereocenters. The number of carbonyl (C=O) groups excluding carboxylic acids is 1. The molecule has 0 radical (unpaired) electrons. The van der Waals surface area contributed by atoms with Crippen LogP contribution in [0.5, 0.6) is 0 Å². The molecule has 0 aliphatic carbocycles. The van der Waals surface area contributed by atoms with Gasteiger partial charge in [-0.2, -0.15) is 0 Å². The van der Waals surface area contributed by atoms with Gasteiger partial charge in [0.1, 0.15) is 4.90 Å². The number of likely N-dealkylation sites (N-methyl/N-ethyl adjacent to an activating group) is 1. The van der Waals surface area contributed by atoms with E-state index in [4.69, 9.17) is 0 Å². The van der Waals surface area contributed by atoms with Crippen molar-refractivity contribution in [2.75, 3.05) is 33.7 Å². The van der Waals surface area contributed by atoms with Crippen LogP contribution in [0, 0.1) is 0 Å². The Morgan fingerprint density at radius 2 is 2.00 bits per heavy atom. The Labute approximate surface area is 155 Å². The summed E-state index contributed by atoms with van der Waals surface area (Å²) in [5.74, 6) is 0.370. The predicted molar refractivity (Wildman–Crippen MR) is 101 cm³/mol. The Balaban J connectivity index is 2.46. The number of hydrogen-bond donors (Lipinski definition) is 3. The first-order chi connectivity index (χ1) is 12.0. The van der Waals surface area contributed by atoms with Gasteiger partial charge in [-0.05, 0) is 32.9 Å². The van der Waals surface area contributed by atoms with Crippen LogP contribution in [0.4, 0.5) is 0 Å². The molecule has 9 nitrogen and oxygen atoms in total. The number of guanidine groups is 1. The molecule has 0 aromatic carbocycles. The lowest BCUT2D eigenvalue weighted by atomic mass is 10.1.